The van der Waals surface area contributed by atoms with E-state index in [1.165, 1.54) is 0 Å². The lowest BCUT2D eigenvalue weighted by Gasteiger charge is -2.17. The SMILES string of the molecule is Cc1cccc(C)c1CS(=O)(=O)NC(=O)C1CCC(C)(C)C1. The van der Waals surface area contributed by atoms with Crippen molar-refractivity contribution in [2.45, 2.75) is 52.7 Å². The van der Waals surface area contributed by atoms with E-state index in [4.69, 9.17) is 0 Å². The fourth-order valence-corrected chi connectivity index (χ4v) is 4.58. The maximum Gasteiger partial charge on any atom is 0.239 e. The molecule has 5 heteroatoms. The van der Waals surface area contributed by atoms with Gasteiger partial charge in [0.2, 0.25) is 15.9 Å². The molecule has 22 heavy (non-hydrogen) atoms. The number of sulfonamides is 1. The summed E-state index contributed by atoms with van der Waals surface area (Å²) < 4.78 is 26.9. The number of amides is 1. The first kappa shape index (κ1) is 17.0. The first-order chi connectivity index (χ1) is 10.1. The minimum absolute atomic E-state index is 0.123. The molecule has 0 spiro atoms. The summed E-state index contributed by atoms with van der Waals surface area (Å²) in [6.07, 6.45) is 2.47. The predicted molar refractivity (Wildman–Crippen MR) is 87.8 cm³/mol. The molecule has 0 aromatic heterocycles. The molecule has 1 saturated carbocycles. The van der Waals surface area contributed by atoms with E-state index in [1.54, 1.807) is 0 Å². The zero-order chi connectivity index (χ0) is 16.5. The zero-order valence-electron chi connectivity index (χ0n) is 13.8. The highest BCUT2D eigenvalue weighted by molar-refractivity contribution is 7.89. The van der Waals surface area contributed by atoms with Crippen LogP contribution in [0, 0.1) is 25.2 Å². The van der Waals surface area contributed by atoms with E-state index in [1.807, 2.05) is 32.0 Å². The summed E-state index contributed by atoms with van der Waals surface area (Å²) >= 11 is 0. The number of rotatable bonds is 4. The van der Waals surface area contributed by atoms with Gasteiger partial charge in [0.1, 0.15) is 0 Å². The van der Waals surface area contributed by atoms with E-state index in [0.29, 0.717) is 0 Å². The van der Waals surface area contributed by atoms with Crippen molar-refractivity contribution in [1.29, 1.82) is 0 Å². The van der Waals surface area contributed by atoms with Crippen LogP contribution in [-0.4, -0.2) is 14.3 Å². The van der Waals surface area contributed by atoms with Gasteiger partial charge in [0, 0.05) is 5.92 Å². The molecule has 1 N–H and O–H groups in total. The number of nitrogens with one attached hydrogen (secondary N) is 1. The highest BCUT2D eigenvalue weighted by Crippen LogP contribution is 2.40. The molecule has 1 aromatic rings. The Morgan fingerprint density at radius 3 is 2.36 bits per heavy atom. The second-order valence-electron chi connectivity index (χ2n) is 7.20. The Morgan fingerprint density at radius 1 is 1.27 bits per heavy atom. The van der Waals surface area contributed by atoms with Crippen LogP contribution in [0.1, 0.15) is 49.8 Å². The summed E-state index contributed by atoms with van der Waals surface area (Å²) in [5, 5.41) is 0. The van der Waals surface area contributed by atoms with Gasteiger partial charge in [0.15, 0.2) is 0 Å². The molecule has 0 saturated heterocycles. The van der Waals surface area contributed by atoms with Crippen molar-refractivity contribution >= 4 is 15.9 Å². The monoisotopic (exact) mass is 323 g/mol. The molecule has 1 aliphatic carbocycles. The van der Waals surface area contributed by atoms with Gasteiger partial charge in [0.05, 0.1) is 5.75 Å². The lowest BCUT2D eigenvalue weighted by molar-refractivity contribution is -0.123. The molecule has 0 aliphatic heterocycles. The second kappa shape index (κ2) is 6.03. The van der Waals surface area contributed by atoms with Gasteiger partial charge < -0.3 is 0 Å². The summed E-state index contributed by atoms with van der Waals surface area (Å²) in [6.45, 7) is 8.01. The predicted octanol–water partition coefficient (Wildman–Crippen LogP) is 3.08. The van der Waals surface area contributed by atoms with Crippen molar-refractivity contribution in [2.24, 2.45) is 11.3 Å². The third kappa shape index (κ3) is 4.09. The number of carbonyl (C=O) groups is 1. The highest BCUT2D eigenvalue weighted by atomic mass is 32.2. The Bertz CT molecular complexity index is 657. The van der Waals surface area contributed by atoms with Crippen molar-refractivity contribution < 1.29 is 13.2 Å². The minimum Gasteiger partial charge on any atom is -0.274 e. The normalized spacial score (nSPS) is 20.8. The van der Waals surface area contributed by atoms with Crippen molar-refractivity contribution in [3.8, 4) is 0 Å². The molecule has 0 bridgehead atoms. The van der Waals surface area contributed by atoms with Crippen molar-refractivity contribution in [1.82, 2.24) is 4.72 Å². The van der Waals surface area contributed by atoms with Gasteiger partial charge in [0.25, 0.3) is 0 Å². The first-order valence-corrected chi connectivity index (χ1v) is 9.34. The van der Waals surface area contributed by atoms with Gasteiger partial charge in [-0.15, -0.1) is 0 Å². The van der Waals surface area contributed by atoms with Crippen molar-refractivity contribution in [3.63, 3.8) is 0 Å². The molecular formula is C17H25NO3S. The van der Waals surface area contributed by atoms with E-state index in [0.717, 1.165) is 36.0 Å². The number of aryl methyl sites for hydroxylation is 2. The summed E-state index contributed by atoms with van der Waals surface area (Å²) in [5.74, 6) is -0.688. The minimum atomic E-state index is -3.65. The number of carbonyl (C=O) groups excluding carboxylic acids is 1. The van der Waals surface area contributed by atoms with Crippen LogP contribution in [-0.2, 0) is 20.6 Å². The zero-order valence-corrected chi connectivity index (χ0v) is 14.6. The average molecular weight is 323 g/mol. The lowest BCUT2D eigenvalue weighted by Crippen LogP contribution is -2.36. The fourth-order valence-electron chi connectivity index (χ4n) is 3.20. The third-order valence-corrected chi connectivity index (χ3v) is 5.76. The van der Waals surface area contributed by atoms with E-state index in [-0.39, 0.29) is 23.0 Å². The molecule has 1 aromatic carbocycles. The van der Waals surface area contributed by atoms with E-state index < -0.39 is 10.0 Å². The molecule has 0 heterocycles. The van der Waals surface area contributed by atoms with Crippen LogP contribution in [0.4, 0.5) is 0 Å². The van der Waals surface area contributed by atoms with Crippen LogP contribution in [0.3, 0.4) is 0 Å². The molecule has 1 fully saturated rings. The number of hydrogen-bond acceptors (Lipinski definition) is 3. The molecule has 0 radical (unpaired) electrons. The Kier molecular flexibility index (Phi) is 4.66. The first-order valence-electron chi connectivity index (χ1n) is 7.69. The van der Waals surface area contributed by atoms with Gasteiger partial charge in [-0.3, -0.25) is 9.52 Å². The topological polar surface area (TPSA) is 63.2 Å². The Labute approximate surface area is 133 Å². The van der Waals surface area contributed by atoms with Crippen LogP contribution < -0.4 is 4.72 Å². The van der Waals surface area contributed by atoms with E-state index in [9.17, 15) is 13.2 Å². The molecule has 1 amide bonds. The average Bonchev–Trinajstić information content (AvgIpc) is 2.74. The molecule has 4 nitrogen and oxygen atoms in total. The van der Waals surface area contributed by atoms with Gasteiger partial charge in [-0.2, -0.15) is 0 Å². The van der Waals surface area contributed by atoms with Crippen LogP contribution in [0.5, 0.6) is 0 Å². The van der Waals surface area contributed by atoms with Crippen molar-refractivity contribution in [2.75, 3.05) is 0 Å². The van der Waals surface area contributed by atoms with Crippen molar-refractivity contribution in [3.05, 3.63) is 34.9 Å². The molecule has 1 aliphatic rings. The van der Waals surface area contributed by atoms with Gasteiger partial charge >= 0.3 is 0 Å². The van der Waals surface area contributed by atoms with Crippen LogP contribution in [0.25, 0.3) is 0 Å². The molecular weight excluding hydrogens is 298 g/mol. The van der Waals surface area contributed by atoms with Crippen LogP contribution in [0.2, 0.25) is 0 Å². The molecule has 1 unspecified atom stereocenters. The smallest absolute Gasteiger partial charge is 0.239 e. The number of benzene rings is 1. The third-order valence-electron chi connectivity index (χ3n) is 4.57. The Balaban J connectivity index is 2.07. The number of hydrogen-bond donors (Lipinski definition) is 1. The van der Waals surface area contributed by atoms with E-state index in [2.05, 4.69) is 18.6 Å². The molecule has 122 valence electrons. The maximum atomic E-state index is 12.3. The largest absolute Gasteiger partial charge is 0.274 e. The van der Waals surface area contributed by atoms with Gasteiger partial charge in [-0.25, -0.2) is 8.42 Å². The standard InChI is InChI=1S/C17H25NO3S/c1-12-6-5-7-13(2)15(12)11-22(20,21)18-16(19)14-8-9-17(3,4)10-14/h5-7,14H,8-11H2,1-4H3,(H,18,19). The Morgan fingerprint density at radius 2 is 1.86 bits per heavy atom. The maximum absolute atomic E-state index is 12.3. The summed E-state index contributed by atoms with van der Waals surface area (Å²) in [4.78, 5) is 12.2. The second-order valence-corrected chi connectivity index (χ2v) is 8.92. The summed E-state index contributed by atoms with van der Waals surface area (Å²) in [7, 11) is -3.65. The summed E-state index contributed by atoms with van der Waals surface area (Å²) in [6, 6.07) is 5.68. The van der Waals surface area contributed by atoms with Gasteiger partial charge in [-0.05, 0) is 55.2 Å². The molecule has 1 atom stereocenters. The lowest BCUT2D eigenvalue weighted by atomic mass is 9.90. The molecule has 2 rings (SSSR count). The quantitative estimate of drug-likeness (QED) is 0.926. The van der Waals surface area contributed by atoms with Gasteiger partial charge in [-0.1, -0.05) is 32.0 Å². The summed E-state index contributed by atoms with van der Waals surface area (Å²) in [5.41, 5.74) is 2.76. The highest BCUT2D eigenvalue weighted by Gasteiger charge is 2.36. The Hall–Kier alpha value is -1.36. The fraction of sp³-hybridized carbons (Fsp3) is 0.588. The van der Waals surface area contributed by atoms with Crippen LogP contribution in [0.15, 0.2) is 18.2 Å². The van der Waals surface area contributed by atoms with Crippen LogP contribution >= 0.6 is 0 Å². The van der Waals surface area contributed by atoms with E-state index >= 15 is 0 Å².